The number of nitrogens with one attached hydrogen (secondary N) is 1. The molecule has 1 atom stereocenters. The molecule has 0 radical (unpaired) electrons. The molecule has 0 aliphatic carbocycles. The fourth-order valence-electron chi connectivity index (χ4n) is 1.54. The first-order chi connectivity index (χ1) is 8.77. The van der Waals surface area contributed by atoms with E-state index >= 15 is 0 Å². The van der Waals surface area contributed by atoms with Crippen LogP contribution in [0.15, 0.2) is 10.3 Å². The predicted octanol–water partition coefficient (Wildman–Crippen LogP) is 2.10. The summed E-state index contributed by atoms with van der Waals surface area (Å²) in [4.78, 5) is 9.95. The second-order valence-corrected chi connectivity index (χ2v) is 7.26. The molecule has 108 valence electrons. The van der Waals surface area contributed by atoms with Crippen LogP contribution in [0.2, 0.25) is 0 Å². The third-order valence-electron chi connectivity index (χ3n) is 2.53. The van der Waals surface area contributed by atoms with Gasteiger partial charge in [0.1, 0.15) is 4.21 Å². The van der Waals surface area contributed by atoms with Crippen molar-refractivity contribution in [2.45, 2.75) is 43.4 Å². The Labute approximate surface area is 116 Å². The number of sulfonamides is 1. The minimum absolute atomic E-state index is 0.105. The molecule has 0 spiro atoms. The number of hydrogen-bond acceptors (Lipinski definition) is 6. The van der Waals surface area contributed by atoms with E-state index in [1.807, 2.05) is 6.92 Å². The SMILES string of the molecule is CCCCC(C)NS(=O)(=O)c1cc([N+](=O)[O-])c(N)s1. The van der Waals surface area contributed by atoms with Crippen LogP contribution in [-0.2, 0) is 10.0 Å². The lowest BCUT2D eigenvalue weighted by Crippen LogP contribution is -2.32. The van der Waals surface area contributed by atoms with Gasteiger partial charge < -0.3 is 5.73 Å². The van der Waals surface area contributed by atoms with Crippen LogP contribution >= 0.6 is 11.3 Å². The van der Waals surface area contributed by atoms with Gasteiger partial charge in [-0.2, -0.15) is 0 Å². The minimum atomic E-state index is -3.74. The lowest BCUT2D eigenvalue weighted by Gasteiger charge is -2.12. The van der Waals surface area contributed by atoms with Gasteiger partial charge in [-0.3, -0.25) is 10.1 Å². The highest BCUT2D eigenvalue weighted by atomic mass is 32.2. The zero-order chi connectivity index (χ0) is 14.6. The number of thiophene rings is 1. The van der Waals surface area contributed by atoms with Gasteiger partial charge in [-0.15, -0.1) is 0 Å². The Bertz CT molecular complexity index is 553. The summed E-state index contributed by atoms with van der Waals surface area (Å²) < 4.78 is 26.4. The average Bonchev–Trinajstić information content (AvgIpc) is 2.69. The van der Waals surface area contributed by atoms with E-state index in [1.54, 1.807) is 6.92 Å². The fraction of sp³-hybridized carbons (Fsp3) is 0.600. The zero-order valence-electron chi connectivity index (χ0n) is 10.8. The van der Waals surface area contributed by atoms with E-state index < -0.39 is 14.9 Å². The van der Waals surface area contributed by atoms with Gasteiger partial charge in [0.05, 0.1) is 4.92 Å². The molecule has 0 fully saturated rings. The Balaban J connectivity index is 2.89. The van der Waals surface area contributed by atoms with Crippen molar-refractivity contribution >= 4 is 32.0 Å². The second kappa shape index (κ2) is 6.31. The Morgan fingerprint density at radius 1 is 1.58 bits per heavy atom. The van der Waals surface area contributed by atoms with Crippen molar-refractivity contribution in [3.63, 3.8) is 0 Å². The van der Waals surface area contributed by atoms with E-state index in [0.717, 1.165) is 25.3 Å². The lowest BCUT2D eigenvalue weighted by molar-refractivity contribution is -0.383. The van der Waals surface area contributed by atoms with E-state index in [1.165, 1.54) is 0 Å². The third-order valence-corrected chi connectivity index (χ3v) is 5.54. The summed E-state index contributed by atoms with van der Waals surface area (Å²) in [6.45, 7) is 3.78. The Hall–Kier alpha value is -1.19. The molecule has 1 unspecified atom stereocenters. The monoisotopic (exact) mass is 307 g/mol. The van der Waals surface area contributed by atoms with Crippen molar-refractivity contribution in [2.24, 2.45) is 0 Å². The average molecular weight is 307 g/mol. The normalized spacial score (nSPS) is 13.4. The summed E-state index contributed by atoms with van der Waals surface area (Å²) in [5, 5.41) is 10.5. The van der Waals surface area contributed by atoms with E-state index in [2.05, 4.69) is 4.72 Å². The maximum absolute atomic E-state index is 12.0. The number of rotatable bonds is 7. The molecule has 0 bridgehead atoms. The molecule has 1 heterocycles. The molecule has 1 aromatic heterocycles. The van der Waals surface area contributed by atoms with Crippen molar-refractivity contribution < 1.29 is 13.3 Å². The van der Waals surface area contributed by atoms with Gasteiger partial charge in [0.15, 0.2) is 5.00 Å². The number of anilines is 1. The van der Waals surface area contributed by atoms with E-state index in [0.29, 0.717) is 11.3 Å². The number of nitrogens with zero attached hydrogens (tertiary/aromatic N) is 1. The van der Waals surface area contributed by atoms with Crippen molar-refractivity contribution in [2.75, 3.05) is 5.73 Å². The van der Waals surface area contributed by atoms with Gasteiger partial charge in [-0.25, -0.2) is 13.1 Å². The van der Waals surface area contributed by atoms with Crippen LogP contribution in [-0.4, -0.2) is 19.4 Å². The molecule has 0 aromatic carbocycles. The smallest absolute Gasteiger partial charge is 0.304 e. The molecule has 1 aromatic rings. The number of nitro groups is 1. The number of nitrogen functional groups attached to an aromatic ring is 1. The van der Waals surface area contributed by atoms with Crippen LogP contribution in [0.5, 0.6) is 0 Å². The van der Waals surface area contributed by atoms with E-state index in [-0.39, 0.29) is 20.9 Å². The summed E-state index contributed by atoms with van der Waals surface area (Å²) in [6.07, 6.45) is 2.61. The summed E-state index contributed by atoms with van der Waals surface area (Å²) in [6, 6.07) is 0.779. The van der Waals surface area contributed by atoms with Gasteiger partial charge in [-0.05, 0) is 13.3 Å². The summed E-state index contributed by atoms with van der Waals surface area (Å²) in [5.74, 6) is 0. The summed E-state index contributed by atoms with van der Waals surface area (Å²) >= 11 is 0.701. The lowest BCUT2D eigenvalue weighted by atomic mass is 10.2. The highest BCUT2D eigenvalue weighted by Gasteiger charge is 2.25. The molecular formula is C10H17N3O4S2. The van der Waals surface area contributed by atoms with Gasteiger partial charge >= 0.3 is 5.69 Å². The van der Waals surface area contributed by atoms with Crippen molar-refractivity contribution in [1.82, 2.24) is 4.72 Å². The molecule has 0 aliphatic heterocycles. The Morgan fingerprint density at radius 3 is 2.68 bits per heavy atom. The fourth-order valence-corrected chi connectivity index (χ4v) is 4.05. The standard InChI is InChI=1S/C10H17N3O4S2/c1-3-4-5-7(2)12-19(16,17)9-6-8(13(14)15)10(11)18-9/h6-7,12H,3-5,11H2,1-2H3. The second-order valence-electron chi connectivity index (χ2n) is 4.24. The van der Waals surface area contributed by atoms with Crippen molar-refractivity contribution in [1.29, 1.82) is 0 Å². The largest absolute Gasteiger partial charge is 0.385 e. The third kappa shape index (κ3) is 4.15. The molecule has 0 saturated heterocycles. The first-order valence-electron chi connectivity index (χ1n) is 5.84. The molecule has 19 heavy (non-hydrogen) atoms. The minimum Gasteiger partial charge on any atom is -0.385 e. The van der Waals surface area contributed by atoms with Crippen LogP contribution in [0.3, 0.4) is 0 Å². The first-order valence-corrected chi connectivity index (χ1v) is 8.14. The van der Waals surface area contributed by atoms with Crippen LogP contribution in [0.1, 0.15) is 33.1 Å². The van der Waals surface area contributed by atoms with Gasteiger partial charge in [-0.1, -0.05) is 31.1 Å². The maximum Gasteiger partial charge on any atom is 0.304 e. The number of hydrogen-bond donors (Lipinski definition) is 2. The van der Waals surface area contributed by atoms with Crippen molar-refractivity contribution in [3.8, 4) is 0 Å². The number of unbranched alkanes of at least 4 members (excludes halogenated alkanes) is 1. The van der Waals surface area contributed by atoms with Gasteiger partial charge in [0.25, 0.3) is 10.0 Å². The molecule has 9 heteroatoms. The summed E-state index contributed by atoms with van der Waals surface area (Å²) in [5.41, 5.74) is 5.07. The summed E-state index contributed by atoms with van der Waals surface area (Å²) in [7, 11) is -3.74. The molecular weight excluding hydrogens is 290 g/mol. The Morgan fingerprint density at radius 2 is 2.21 bits per heavy atom. The quantitative estimate of drug-likeness (QED) is 0.591. The van der Waals surface area contributed by atoms with Crippen molar-refractivity contribution in [3.05, 3.63) is 16.2 Å². The zero-order valence-corrected chi connectivity index (χ0v) is 12.4. The topological polar surface area (TPSA) is 115 Å². The van der Waals surface area contributed by atoms with Crippen LogP contribution in [0.25, 0.3) is 0 Å². The van der Waals surface area contributed by atoms with Crippen LogP contribution < -0.4 is 10.5 Å². The van der Waals surface area contributed by atoms with Crippen LogP contribution in [0, 0.1) is 10.1 Å². The maximum atomic E-state index is 12.0. The predicted molar refractivity (Wildman–Crippen MR) is 74.7 cm³/mol. The molecule has 3 N–H and O–H groups in total. The molecule has 0 saturated carbocycles. The van der Waals surface area contributed by atoms with Gasteiger partial charge in [0, 0.05) is 12.1 Å². The Kier molecular flexibility index (Phi) is 5.27. The molecule has 0 amide bonds. The van der Waals surface area contributed by atoms with Crippen LogP contribution in [0.4, 0.5) is 10.7 Å². The highest BCUT2D eigenvalue weighted by Crippen LogP contribution is 2.34. The molecule has 7 nitrogen and oxygen atoms in total. The van der Waals surface area contributed by atoms with Gasteiger partial charge in [0.2, 0.25) is 0 Å². The number of nitrogens with two attached hydrogens (primary N) is 1. The first kappa shape index (κ1) is 15.9. The molecule has 0 aliphatic rings. The molecule has 1 rings (SSSR count). The van der Waals surface area contributed by atoms with E-state index in [9.17, 15) is 18.5 Å². The van der Waals surface area contributed by atoms with E-state index in [4.69, 9.17) is 5.73 Å². The highest BCUT2D eigenvalue weighted by molar-refractivity contribution is 7.91.